The Hall–Kier alpha value is -0.420. The lowest BCUT2D eigenvalue weighted by Gasteiger charge is -2.04. The molecule has 1 aromatic heterocycles. The van der Waals surface area contributed by atoms with Crippen LogP contribution < -0.4 is 5.32 Å². The third-order valence-electron chi connectivity index (χ3n) is 2.46. The zero-order chi connectivity index (χ0) is 9.10. The van der Waals surface area contributed by atoms with E-state index >= 15 is 0 Å². The summed E-state index contributed by atoms with van der Waals surface area (Å²) in [6.45, 7) is 2.33. The quantitative estimate of drug-likeness (QED) is 0.838. The van der Waals surface area contributed by atoms with Crippen LogP contribution in [0.15, 0.2) is 4.73 Å². The summed E-state index contributed by atoms with van der Waals surface area (Å²) in [5.74, 6) is 1.81. The number of hydrogen-bond donors (Lipinski definition) is 2. The standard InChI is InChI=1S/C8H13BrN4/c9-8-11-7(12-13-8)2-1-6-3-4-10-5-6/h6,10H,1-5H2,(H,11,12,13). The molecule has 1 aliphatic heterocycles. The molecule has 4 nitrogen and oxygen atoms in total. The van der Waals surface area contributed by atoms with Crippen LogP contribution in [-0.2, 0) is 6.42 Å². The van der Waals surface area contributed by atoms with E-state index in [1.165, 1.54) is 19.4 Å². The smallest absolute Gasteiger partial charge is 0.217 e. The number of rotatable bonds is 3. The Morgan fingerprint density at radius 1 is 1.54 bits per heavy atom. The maximum Gasteiger partial charge on any atom is 0.217 e. The highest BCUT2D eigenvalue weighted by Gasteiger charge is 2.14. The molecule has 0 radical (unpaired) electrons. The van der Waals surface area contributed by atoms with E-state index in [1.54, 1.807) is 0 Å². The molecule has 1 saturated heterocycles. The maximum atomic E-state index is 4.20. The molecule has 0 bridgehead atoms. The minimum Gasteiger partial charge on any atom is -0.316 e. The molecule has 0 spiro atoms. The van der Waals surface area contributed by atoms with Crippen LogP contribution in [0.5, 0.6) is 0 Å². The van der Waals surface area contributed by atoms with Gasteiger partial charge in [0.1, 0.15) is 5.82 Å². The van der Waals surface area contributed by atoms with E-state index in [9.17, 15) is 0 Å². The lowest BCUT2D eigenvalue weighted by Crippen LogP contribution is -2.09. The van der Waals surface area contributed by atoms with Crippen LogP contribution in [0.2, 0.25) is 0 Å². The molecule has 1 unspecified atom stereocenters. The van der Waals surface area contributed by atoms with Gasteiger partial charge in [0.05, 0.1) is 0 Å². The summed E-state index contributed by atoms with van der Waals surface area (Å²) >= 11 is 3.22. The van der Waals surface area contributed by atoms with E-state index < -0.39 is 0 Å². The van der Waals surface area contributed by atoms with Gasteiger partial charge in [-0.1, -0.05) is 0 Å². The van der Waals surface area contributed by atoms with E-state index in [0.29, 0.717) is 4.73 Å². The number of aromatic nitrogens is 3. The van der Waals surface area contributed by atoms with Crippen molar-refractivity contribution in [3.63, 3.8) is 0 Å². The van der Waals surface area contributed by atoms with Gasteiger partial charge in [0, 0.05) is 6.42 Å². The summed E-state index contributed by atoms with van der Waals surface area (Å²) in [7, 11) is 0. The molecule has 0 amide bonds. The average Bonchev–Trinajstić information content (AvgIpc) is 2.71. The first-order valence-electron chi connectivity index (χ1n) is 4.62. The fraction of sp³-hybridized carbons (Fsp3) is 0.750. The summed E-state index contributed by atoms with van der Waals surface area (Å²) in [5.41, 5.74) is 0. The number of aromatic amines is 1. The fourth-order valence-electron chi connectivity index (χ4n) is 1.69. The number of nitrogens with zero attached hydrogens (tertiary/aromatic N) is 2. The molecule has 1 atom stereocenters. The Labute approximate surface area is 85.6 Å². The molecule has 72 valence electrons. The number of halogens is 1. The molecule has 5 heteroatoms. The number of aryl methyl sites for hydroxylation is 1. The van der Waals surface area contributed by atoms with Crippen molar-refractivity contribution >= 4 is 15.9 Å². The van der Waals surface area contributed by atoms with Crippen molar-refractivity contribution in [2.75, 3.05) is 13.1 Å². The number of hydrogen-bond acceptors (Lipinski definition) is 3. The lowest BCUT2D eigenvalue weighted by atomic mass is 10.0. The Morgan fingerprint density at radius 3 is 3.08 bits per heavy atom. The Morgan fingerprint density at radius 2 is 2.46 bits per heavy atom. The van der Waals surface area contributed by atoms with Crippen LogP contribution in [0.4, 0.5) is 0 Å². The molecule has 0 aliphatic carbocycles. The second-order valence-corrected chi connectivity index (χ2v) is 4.16. The van der Waals surface area contributed by atoms with Gasteiger partial charge in [-0.3, -0.25) is 5.10 Å². The van der Waals surface area contributed by atoms with Gasteiger partial charge in [-0.15, -0.1) is 5.10 Å². The van der Waals surface area contributed by atoms with Crippen LogP contribution in [-0.4, -0.2) is 28.3 Å². The molecule has 1 aromatic rings. The average molecular weight is 245 g/mol. The highest BCUT2D eigenvalue weighted by atomic mass is 79.9. The van der Waals surface area contributed by atoms with Gasteiger partial charge in [-0.25, -0.2) is 4.98 Å². The second kappa shape index (κ2) is 4.19. The highest BCUT2D eigenvalue weighted by molar-refractivity contribution is 9.10. The third kappa shape index (κ3) is 2.51. The zero-order valence-corrected chi connectivity index (χ0v) is 8.97. The van der Waals surface area contributed by atoms with Gasteiger partial charge in [0.15, 0.2) is 0 Å². The second-order valence-electron chi connectivity index (χ2n) is 3.45. The van der Waals surface area contributed by atoms with Crippen LogP contribution >= 0.6 is 15.9 Å². The molecule has 2 N–H and O–H groups in total. The first-order valence-corrected chi connectivity index (χ1v) is 5.41. The van der Waals surface area contributed by atoms with Gasteiger partial charge >= 0.3 is 0 Å². The van der Waals surface area contributed by atoms with Crippen LogP contribution in [0.1, 0.15) is 18.7 Å². The van der Waals surface area contributed by atoms with E-state index in [-0.39, 0.29) is 0 Å². The van der Waals surface area contributed by atoms with Crippen molar-refractivity contribution in [3.05, 3.63) is 10.6 Å². The molecule has 2 rings (SSSR count). The summed E-state index contributed by atoms with van der Waals surface area (Å²) < 4.78 is 0.659. The zero-order valence-electron chi connectivity index (χ0n) is 7.39. The first kappa shape index (κ1) is 9.15. The predicted octanol–water partition coefficient (Wildman–Crippen LogP) is 1.11. The fourth-order valence-corrected chi connectivity index (χ4v) is 1.99. The van der Waals surface area contributed by atoms with Crippen molar-refractivity contribution in [1.82, 2.24) is 20.5 Å². The molecular formula is C8H13BrN4. The summed E-state index contributed by atoms with van der Waals surface area (Å²) in [6.07, 6.45) is 3.51. The molecule has 0 saturated carbocycles. The predicted molar refractivity (Wildman–Crippen MR) is 53.4 cm³/mol. The minimum absolute atomic E-state index is 0.659. The number of nitrogens with one attached hydrogen (secondary N) is 2. The van der Waals surface area contributed by atoms with Crippen LogP contribution in [0.3, 0.4) is 0 Å². The minimum atomic E-state index is 0.659. The molecule has 13 heavy (non-hydrogen) atoms. The van der Waals surface area contributed by atoms with Crippen molar-refractivity contribution in [2.24, 2.45) is 5.92 Å². The van der Waals surface area contributed by atoms with Crippen molar-refractivity contribution in [2.45, 2.75) is 19.3 Å². The molecule has 1 aliphatic rings. The van der Waals surface area contributed by atoms with Gasteiger partial charge in [-0.05, 0) is 47.8 Å². The van der Waals surface area contributed by atoms with E-state index in [1.807, 2.05) is 0 Å². The summed E-state index contributed by atoms with van der Waals surface area (Å²) in [6, 6.07) is 0. The third-order valence-corrected chi connectivity index (χ3v) is 2.81. The Kier molecular flexibility index (Phi) is 2.95. The van der Waals surface area contributed by atoms with E-state index in [4.69, 9.17) is 0 Å². The van der Waals surface area contributed by atoms with Crippen molar-refractivity contribution in [1.29, 1.82) is 0 Å². The van der Waals surface area contributed by atoms with Crippen molar-refractivity contribution < 1.29 is 0 Å². The summed E-state index contributed by atoms with van der Waals surface area (Å²) in [4.78, 5) is 4.20. The normalized spacial score (nSPS) is 22.4. The first-order chi connectivity index (χ1) is 6.34. The molecule has 0 aromatic carbocycles. The SMILES string of the molecule is Brc1n[nH]c(CCC2CCNC2)n1. The molecule has 1 fully saturated rings. The molecular weight excluding hydrogens is 232 g/mol. The van der Waals surface area contributed by atoms with Gasteiger partial charge < -0.3 is 5.32 Å². The number of H-pyrrole nitrogens is 1. The monoisotopic (exact) mass is 244 g/mol. The highest BCUT2D eigenvalue weighted by Crippen LogP contribution is 2.14. The summed E-state index contributed by atoms with van der Waals surface area (Å²) in [5, 5.41) is 10.2. The largest absolute Gasteiger partial charge is 0.316 e. The van der Waals surface area contributed by atoms with E-state index in [0.717, 1.165) is 24.7 Å². The topological polar surface area (TPSA) is 53.6 Å². The van der Waals surface area contributed by atoms with E-state index in [2.05, 4.69) is 36.4 Å². The van der Waals surface area contributed by atoms with Crippen molar-refractivity contribution in [3.8, 4) is 0 Å². The van der Waals surface area contributed by atoms with Gasteiger partial charge in [0.25, 0.3) is 0 Å². The molecule has 2 heterocycles. The Balaban J connectivity index is 1.78. The van der Waals surface area contributed by atoms with Gasteiger partial charge in [-0.2, -0.15) is 0 Å². The van der Waals surface area contributed by atoms with Crippen LogP contribution in [0, 0.1) is 5.92 Å². The lowest BCUT2D eigenvalue weighted by molar-refractivity contribution is 0.525. The van der Waals surface area contributed by atoms with Crippen LogP contribution in [0.25, 0.3) is 0 Å². The Bertz CT molecular complexity index is 267. The maximum absolute atomic E-state index is 4.20. The van der Waals surface area contributed by atoms with Gasteiger partial charge in [0.2, 0.25) is 4.73 Å².